The third-order valence-electron chi connectivity index (χ3n) is 3.80. The fourth-order valence-corrected chi connectivity index (χ4v) is 2.85. The normalized spacial score (nSPS) is 10.6. The van der Waals surface area contributed by atoms with Crippen molar-refractivity contribution >= 4 is 46.9 Å². The van der Waals surface area contributed by atoms with Crippen molar-refractivity contribution in [2.45, 2.75) is 0 Å². The van der Waals surface area contributed by atoms with Crippen LogP contribution in [0.15, 0.2) is 77.9 Å². The van der Waals surface area contributed by atoms with Crippen LogP contribution in [0.25, 0.3) is 0 Å². The molecule has 2 amide bonds. The second-order valence-electron chi connectivity index (χ2n) is 5.73. The number of benzene rings is 3. The zero-order valence-electron chi connectivity index (χ0n) is 14.5. The van der Waals surface area contributed by atoms with Gasteiger partial charge in [-0.2, -0.15) is 5.10 Å². The molecular weight excluding hydrogens is 397 g/mol. The van der Waals surface area contributed by atoms with Gasteiger partial charge in [-0.25, -0.2) is 5.43 Å². The number of carbonyl (C=O) groups is 2. The minimum atomic E-state index is -0.402. The number of halogens is 2. The molecule has 3 aromatic rings. The minimum absolute atomic E-state index is 0.223. The highest BCUT2D eigenvalue weighted by Crippen LogP contribution is 2.22. The van der Waals surface area contributed by atoms with E-state index >= 15 is 0 Å². The molecule has 0 spiro atoms. The van der Waals surface area contributed by atoms with Crippen LogP contribution in [-0.2, 0) is 0 Å². The third-order valence-corrected chi connectivity index (χ3v) is 4.46. The molecule has 0 aliphatic carbocycles. The predicted molar refractivity (Wildman–Crippen MR) is 112 cm³/mol. The Morgan fingerprint density at radius 3 is 2.00 bits per heavy atom. The van der Waals surface area contributed by atoms with E-state index in [2.05, 4.69) is 15.8 Å². The second kappa shape index (κ2) is 9.17. The molecule has 0 saturated carbocycles. The van der Waals surface area contributed by atoms with Gasteiger partial charge in [0.2, 0.25) is 0 Å². The number of hydrazone groups is 1. The zero-order valence-corrected chi connectivity index (χ0v) is 16.0. The van der Waals surface area contributed by atoms with Crippen LogP contribution in [0.5, 0.6) is 0 Å². The summed E-state index contributed by atoms with van der Waals surface area (Å²) in [6, 6.07) is 20.4. The number of hydrogen-bond acceptors (Lipinski definition) is 3. The molecule has 3 rings (SSSR count). The highest BCUT2D eigenvalue weighted by atomic mass is 35.5. The van der Waals surface area contributed by atoms with E-state index in [-0.39, 0.29) is 5.91 Å². The average Bonchev–Trinajstić information content (AvgIpc) is 2.71. The monoisotopic (exact) mass is 411 g/mol. The summed E-state index contributed by atoms with van der Waals surface area (Å²) in [6.45, 7) is 0. The second-order valence-corrected chi connectivity index (χ2v) is 6.55. The Balaban J connectivity index is 1.61. The van der Waals surface area contributed by atoms with E-state index in [0.29, 0.717) is 32.4 Å². The zero-order chi connectivity index (χ0) is 19.9. The number of rotatable bonds is 5. The molecule has 0 heterocycles. The Morgan fingerprint density at radius 1 is 0.750 bits per heavy atom. The molecule has 0 bridgehead atoms. The first-order chi connectivity index (χ1) is 13.5. The molecule has 28 heavy (non-hydrogen) atoms. The van der Waals surface area contributed by atoms with Crippen molar-refractivity contribution < 1.29 is 9.59 Å². The standard InChI is InChI=1S/C21H15Cl2N3O2/c22-18-7-4-8-19(23)17(18)13-24-26-21(28)15-9-11-16(12-10-15)25-20(27)14-5-2-1-3-6-14/h1-13H,(H,25,27)(H,26,28)/b24-13+. The van der Waals surface area contributed by atoms with Crippen molar-refractivity contribution in [3.8, 4) is 0 Å². The molecule has 0 atom stereocenters. The average molecular weight is 412 g/mol. The first-order valence-electron chi connectivity index (χ1n) is 8.28. The van der Waals surface area contributed by atoms with Gasteiger partial charge < -0.3 is 5.32 Å². The van der Waals surface area contributed by atoms with Gasteiger partial charge in [0.25, 0.3) is 11.8 Å². The van der Waals surface area contributed by atoms with Crippen LogP contribution >= 0.6 is 23.2 Å². The molecule has 140 valence electrons. The fraction of sp³-hybridized carbons (Fsp3) is 0. The maximum absolute atomic E-state index is 12.2. The van der Waals surface area contributed by atoms with Crippen LogP contribution in [0, 0.1) is 0 Å². The summed E-state index contributed by atoms with van der Waals surface area (Å²) < 4.78 is 0. The summed E-state index contributed by atoms with van der Waals surface area (Å²) >= 11 is 12.1. The highest BCUT2D eigenvalue weighted by Gasteiger charge is 2.08. The SMILES string of the molecule is O=C(N/N=C/c1c(Cl)cccc1Cl)c1ccc(NC(=O)c2ccccc2)cc1. The van der Waals surface area contributed by atoms with Crippen molar-refractivity contribution in [1.29, 1.82) is 0 Å². The van der Waals surface area contributed by atoms with Crippen LogP contribution in [0.2, 0.25) is 10.0 Å². The molecule has 7 heteroatoms. The van der Waals surface area contributed by atoms with Gasteiger partial charge >= 0.3 is 0 Å². The molecule has 5 nitrogen and oxygen atoms in total. The van der Waals surface area contributed by atoms with E-state index in [1.807, 2.05) is 6.07 Å². The van der Waals surface area contributed by atoms with Gasteiger partial charge in [0.05, 0.1) is 16.3 Å². The Morgan fingerprint density at radius 2 is 1.36 bits per heavy atom. The van der Waals surface area contributed by atoms with Gasteiger partial charge in [0.15, 0.2) is 0 Å². The third kappa shape index (κ3) is 4.97. The molecular formula is C21H15Cl2N3O2. The number of nitrogens with one attached hydrogen (secondary N) is 2. The van der Waals surface area contributed by atoms with Crippen molar-refractivity contribution in [2.24, 2.45) is 5.10 Å². The topological polar surface area (TPSA) is 70.6 Å². The molecule has 0 aromatic heterocycles. The van der Waals surface area contributed by atoms with Crippen molar-refractivity contribution in [2.75, 3.05) is 5.32 Å². The number of nitrogens with zero attached hydrogens (tertiary/aromatic N) is 1. The molecule has 0 aliphatic heterocycles. The molecule has 0 aliphatic rings. The summed E-state index contributed by atoms with van der Waals surface area (Å²) in [5, 5.41) is 7.53. The number of amides is 2. The maximum Gasteiger partial charge on any atom is 0.271 e. The van der Waals surface area contributed by atoms with Gasteiger partial charge in [-0.15, -0.1) is 0 Å². The van der Waals surface area contributed by atoms with Crippen molar-refractivity contribution in [1.82, 2.24) is 5.43 Å². The van der Waals surface area contributed by atoms with Gasteiger partial charge in [-0.3, -0.25) is 9.59 Å². The maximum atomic E-state index is 12.2. The lowest BCUT2D eigenvalue weighted by molar-refractivity contribution is 0.0954. The Bertz CT molecular complexity index is 999. The molecule has 2 N–H and O–H groups in total. The van der Waals surface area contributed by atoms with E-state index in [1.165, 1.54) is 6.21 Å². The van der Waals surface area contributed by atoms with Crippen molar-refractivity contribution in [3.63, 3.8) is 0 Å². The van der Waals surface area contributed by atoms with Gasteiger partial charge in [-0.1, -0.05) is 47.5 Å². The lowest BCUT2D eigenvalue weighted by atomic mass is 10.1. The lowest BCUT2D eigenvalue weighted by Crippen LogP contribution is -2.18. The molecule has 0 fully saturated rings. The Hall–Kier alpha value is -3.15. The molecule has 3 aromatic carbocycles. The largest absolute Gasteiger partial charge is 0.322 e. The summed E-state index contributed by atoms with van der Waals surface area (Å²) in [4.78, 5) is 24.3. The quantitative estimate of drug-likeness (QED) is 0.457. The highest BCUT2D eigenvalue weighted by molar-refractivity contribution is 6.38. The number of carbonyl (C=O) groups excluding carboxylic acids is 2. The smallest absolute Gasteiger partial charge is 0.271 e. The van der Waals surface area contributed by atoms with Crippen LogP contribution in [0.4, 0.5) is 5.69 Å². The summed E-state index contributed by atoms with van der Waals surface area (Å²) in [7, 11) is 0. The van der Waals surface area contributed by atoms with E-state index in [0.717, 1.165) is 0 Å². The van der Waals surface area contributed by atoms with Gasteiger partial charge in [0.1, 0.15) is 0 Å². The Kier molecular flexibility index (Phi) is 6.42. The molecule has 0 radical (unpaired) electrons. The Labute approximate surface area is 172 Å². The van der Waals surface area contributed by atoms with Gasteiger partial charge in [-0.05, 0) is 48.5 Å². The summed E-state index contributed by atoms with van der Waals surface area (Å²) in [5.41, 5.74) is 4.45. The van der Waals surface area contributed by atoms with Crippen LogP contribution in [0.3, 0.4) is 0 Å². The molecule has 0 saturated heterocycles. The van der Waals surface area contributed by atoms with E-state index < -0.39 is 5.91 Å². The van der Waals surface area contributed by atoms with E-state index in [9.17, 15) is 9.59 Å². The lowest BCUT2D eigenvalue weighted by Gasteiger charge is -2.06. The van der Waals surface area contributed by atoms with Crippen molar-refractivity contribution in [3.05, 3.63) is 99.5 Å². The predicted octanol–water partition coefficient (Wildman–Crippen LogP) is 5.01. The summed E-state index contributed by atoms with van der Waals surface area (Å²) in [6.07, 6.45) is 1.39. The number of hydrogen-bond donors (Lipinski definition) is 2. The van der Waals surface area contributed by atoms with Crippen LogP contribution in [0.1, 0.15) is 26.3 Å². The first-order valence-corrected chi connectivity index (χ1v) is 9.04. The number of anilines is 1. The van der Waals surface area contributed by atoms with E-state index in [4.69, 9.17) is 23.2 Å². The van der Waals surface area contributed by atoms with E-state index in [1.54, 1.807) is 66.7 Å². The molecule has 0 unspecified atom stereocenters. The van der Waals surface area contributed by atoms with Crippen LogP contribution in [-0.4, -0.2) is 18.0 Å². The minimum Gasteiger partial charge on any atom is -0.322 e. The first kappa shape index (κ1) is 19.6. The van der Waals surface area contributed by atoms with Gasteiger partial charge in [0, 0.05) is 22.4 Å². The fourth-order valence-electron chi connectivity index (χ4n) is 2.35. The summed E-state index contributed by atoms with van der Waals surface area (Å²) in [5.74, 6) is -0.626. The van der Waals surface area contributed by atoms with Crippen LogP contribution < -0.4 is 10.7 Å².